The highest BCUT2D eigenvalue weighted by molar-refractivity contribution is 9.10. The van der Waals surface area contributed by atoms with Crippen molar-refractivity contribution < 1.29 is 13.9 Å². The summed E-state index contributed by atoms with van der Waals surface area (Å²) >= 11 is 4.88. The van der Waals surface area contributed by atoms with Gasteiger partial charge in [-0.25, -0.2) is 13.8 Å². The van der Waals surface area contributed by atoms with Crippen molar-refractivity contribution in [2.24, 2.45) is 0 Å². The second-order valence-electron chi connectivity index (χ2n) is 7.69. The predicted octanol–water partition coefficient (Wildman–Crippen LogP) is 5.61. The lowest BCUT2D eigenvalue weighted by Crippen LogP contribution is -2.15. The zero-order valence-corrected chi connectivity index (χ0v) is 21.1. The van der Waals surface area contributed by atoms with Crippen LogP contribution in [0.2, 0.25) is 0 Å². The Bertz CT molecular complexity index is 1330. The second kappa shape index (κ2) is 9.48. The summed E-state index contributed by atoms with van der Waals surface area (Å²) in [5, 5.41) is 14.0. The smallest absolute Gasteiger partial charge is 0.265 e. The van der Waals surface area contributed by atoms with E-state index in [1.165, 1.54) is 23.5 Å². The van der Waals surface area contributed by atoms with E-state index in [4.69, 9.17) is 4.74 Å². The molecule has 10 heteroatoms. The van der Waals surface area contributed by atoms with Gasteiger partial charge in [0, 0.05) is 11.6 Å². The van der Waals surface area contributed by atoms with E-state index in [0.717, 1.165) is 32.8 Å². The first kappa shape index (κ1) is 23.2. The van der Waals surface area contributed by atoms with Crippen LogP contribution in [0.5, 0.6) is 5.75 Å². The first-order valence-electron chi connectivity index (χ1n) is 10.2. The molecular formula is C23H23BrFN5O2S. The van der Waals surface area contributed by atoms with Gasteiger partial charge in [0.1, 0.15) is 24.8 Å². The van der Waals surface area contributed by atoms with Gasteiger partial charge in [-0.15, -0.1) is 11.3 Å². The number of carbonyl (C=O) groups excluding carboxylic acids is 1. The third-order valence-electron chi connectivity index (χ3n) is 5.26. The number of halogens is 2. The lowest BCUT2D eigenvalue weighted by Gasteiger charge is -2.08. The minimum atomic E-state index is -0.352. The number of rotatable bonds is 7. The van der Waals surface area contributed by atoms with Crippen LogP contribution in [-0.4, -0.2) is 25.5 Å². The normalized spacial score (nSPS) is 11.1. The SMILES string of the molecule is Cc1nn(Cn2nc(C)c(NC(=O)c3cc(COc4cccc(F)c4)cs3)c2C)c(C)c1Br. The Morgan fingerprint density at radius 1 is 1.12 bits per heavy atom. The highest BCUT2D eigenvalue weighted by Crippen LogP contribution is 2.25. The second-order valence-corrected chi connectivity index (χ2v) is 9.39. The third-order valence-corrected chi connectivity index (χ3v) is 7.39. The standard InChI is InChI=1S/C23H23BrFN5O2S/c1-13-21(24)15(3)29(27-13)12-30-16(4)22(14(2)28-30)26-23(31)20-8-17(11-33-20)10-32-19-7-5-6-18(25)9-19/h5-9,11H,10,12H2,1-4H3,(H,26,31). The van der Waals surface area contributed by atoms with Crippen LogP contribution in [-0.2, 0) is 13.3 Å². The summed E-state index contributed by atoms with van der Waals surface area (Å²) in [6.07, 6.45) is 0. The minimum absolute atomic E-state index is 0.211. The summed E-state index contributed by atoms with van der Waals surface area (Å²) < 4.78 is 23.6. The molecule has 4 rings (SSSR count). The first-order valence-corrected chi connectivity index (χ1v) is 11.9. The van der Waals surface area contributed by atoms with Crippen molar-refractivity contribution in [3.05, 3.63) is 79.2 Å². The molecule has 1 amide bonds. The van der Waals surface area contributed by atoms with Crippen LogP contribution in [0.4, 0.5) is 10.1 Å². The summed E-state index contributed by atoms with van der Waals surface area (Å²) in [5.74, 6) is -0.119. The first-order chi connectivity index (χ1) is 15.7. The highest BCUT2D eigenvalue weighted by atomic mass is 79.9. The van der Waals surface area contributed by atoms with E-state index in [2.05, 4.69) is 31.4 Å². The van der Waals surface area contributed by atoms with Crippen molar-refractivity contribution in [3.8, 4) is 5.75 Å². The molecule has 0 aliphatic rings. The van der Waals surface area contributed by atoms with Gasteiger partial charge in [0.15, 0.2) is 0 Å². The number of carbonyl (C=O) groups is 1. The molecule has 1 aromatic carbocycles. The fourth-order valence-electron chi connectivity index (χ4n) is 3.42. The van der Waals surface area contributed by atoms with Crippen molar-refractivity contribution in [2.45, 2.75) is 41.0 Å². The lowest BCUT2D eigenvalue weighted by atomic mass is 10.3. The number of anilines is 1. The molecule has 33 heavy (non-hydrogen) atoms. The van der Waals surface area contributed by atoms with Gasteiger partial charge in [-0.2, -0.15) is 10.2 Å². The van der Waals surface area contributed by atoms with E-state index in [0.29, 0.717) is 23.0 Å². The van der Waals surface area contributed by atoms with Crippen LogP contribution < -0.4 is 10.1 Å². The summed E-state index contributed by atoms with van der Waals surface area (Å²) in [7, 11) is 0. The van der Waals surface area contributed by atoms with Crippen LogP contribution in [0.25, 0.3) is 0 Å². The molecule has 0 unspecified atom stereocenters. The minimum Gasteiger partial charge on any atom is -0.489 e. The van der Waals surface area contributed by atoms with Gasteiger partial charge in [0.05, 0.1) is 37.8 Å². The fraction of sp³-hybridized carbons (Fsp3) is 0.261. The van der Waals surface area contributed by atoms with Crippen LogP contribution in [0, 0.1) is 33.5 Å². The van der Waals surface area contributed by atoms with E-state index in [9.17, 15) is 9.18 Å². The molecule has 4 aromatic rings. The number of aryl methyl sites for hydroxylation is 2. The maximum atomic E-state index is 13.3. The molecular weight excluding hydrogens is 509 g/mol. The fourth-order valence-corrected chi connectivity index (χ4v) is 4.50. The van der Waals surface area contributed by atoms with Crippen molar-refractivity contribution >= 4 is 38.9 Å². The van der Waals surface area contributed by atoms with Crippen molar-refractivity contribution in [1.29, 1.82) is 0 Å². The maximum absolute atomic E-state index is 13.3. The quantitative estimate of drug-likeness (QED) is 0.336. The van der Waals surface area contributed by atoms with Gasteiger partial charge in [0.2, 0.25) is 0 Å². The molecule has 3 aromatic heterocycles. The Balaban J connectivity index is 1.44. The molecule has 0 bridgehead atoms. The third kappa shape index (κ3) is 5.01. The summed E-state index contributed by atoms with van der Waals surface area (Å²) in [6.45, 7) is 8.42. The van der Waals surface area contributed by atoms with E-state index < -0.39 is 0 Å². The molecule has 0 saturated carbocycles. The van der Waals surface area contributed by atoms with Crippen LogP contribution in [0.3, 0.4) is 0 Å². The van der Waals surface area contributed by atoms with Crippen molar-refractivity contribution in [2.75, 3.05) is 5.32 Å². The molecule has 0 fully saturated rings. The number of nitrogens with zero attached hydrogens (tertiary/aromatic N) is 4. The molecule has 0 radical (unpaired) electrons. The summed E-state index contributed by atoms with van der Waals surface area (Å²) in [4.78, 5) is 13.4. The average Bonchev–Trinajstić information content (AvgIpc) is 3.43. The lowest BCUT2D eigenvalue weighted by molar-refractivity contribution is 0.103. The number of aromatic nitrogens is 4. The van der Waals surface area contributed by atoms with Gasteiger partial charge in [0.25, 0.3) is 5.91 Å². The van der Waals surface area contributed by atoms with E-state index in [1.807, 2.05) is 42.4 Å². The average molecular weight is 532 g/mol. The van der Waals surface area contributed by atoms with Gasteiger partial charge >= 0.3 is 0 Å². The summed E-state index contributed by atoms with van der Waals surface area (Å²) in [5.41, 5.74) is 5.03. The van der Waals surface area contributed by atoms with Gasteiger partial charge in [-0.1, -0.05) is 6.07 Å². The molecule has 0 aliphatic heterocycles. The van der Waals surface area contributed by atoms with Gasteiger partial charge in [-0.05, 0) is 67.2 Å². The molecule has 0 aliphatic carbocycles. The van der Waals surface area contributed by atoms with Crippen molar-refractivity contribution in [3.63, 3.8) is 0 Å². The van der Waals surface area contributed by atoms with E-state index in [1.54, 1.807) is 18.2 Å². The Hall–Kier alpha value is -2.98. The molecule has 0 atom stereocenters. The van der Waals surface area contributed by atoms with E-state index in [-0.39, 0.29) is 18.3 Å². The maximum Gasteiger partial charge on any atom is 0.265 e. The topological polar surface area (TPSA) is 74.0 Å². The van der Waals surface area contributed by atoms with Crippen molar-refractivity contribution in [1.82, 2.24) is 19.6 Å². The van der Waals surface area contributed by atoms with Gasteiger partial charge in [-0.3, -0.25) is 4.79 Å². The van der Waals surface area contributed by atoms with Crippen LogP contribution >= 0.6 is 27.3 Å². The molecule has 3 heterocycles. The number of amides is 1. The number of benzene rings is 1. The largest absolute Gasteiger partial charge is 0.489 e. The van der Waals surface area contributed by atoms with Gasteiger partial charge < -0.3 is 10.1 Å². The van der Waals surface area contributed by atoms with Crippen LogP contribution in [0.15, 0.2) is 40.2 Å². The number of thiophene rings is 1. The Labute approximate surface area is 203 Å². The monoisotopic (exact) mass is 531 g/mol. The number of hydrogen-bond acceptors (Lipinski definition) is 5. The Morgan fingerprint density at radius 2 is 1.85 bits per heavy atom. The van der Waals surface area contributed by atoms with Crippen LogP contribution in [0.1, 0.15) is 38.0 Å². The zero-order chi connectivity index (χ0) is 23.7. The molecule has 0 saturated heterocycles. The number of hydrogen-bond donors (Lipinski definition) is 1. The predicted molar refractivity (Wildman–Crippen MR) is 130 cm³/mol. The number of ether oxygens (including phenoxy) is 1. The molecule has 0 spiro atoms. The summed E-state index contributed by atoms with van der Waals surface area (Å²) in [6, 6.07) is 7.75. The molecule has 172 valence electrons. The Morgan fingerprint density at radius 3 is 2.55 bits per heavy atom. The zero-order valence-electron chi connectivity index (χ0n) is 18.6. The molecule has 1 N–H and O–H groups in total. The Kier molecular flexibility index (Phi) is 6.66. The van der Waals surface area contributed by atoms with E-state index >= 15 is 0 Å². The molecule has 7 nitrogen and oxygen atoms in total. The number of nitrogens with one attached hydrogen (secondary N) is 1. The highest BCUT2D eigenvalue weighted by Gasteiger charge is 2.18.